The average Bonchev–Trinajstić information content (AvgIpc) is 3.01. The Hall–Kier alpha value is -2.38. The Morgan fingerprint density at radius 1 is 1.13 bits per heavy atom. The molecule has 1 N–H and O–H groups in total. The Morgan fingerprint density at radius 3 is 2.74 bits per heavy atom. The number of pyridine rings is 1. The number of carbonyl (C=O) groups is 1. The molecule has 0 spiro atoms. The van der Waals surface area contributed by atoms with Crippen LogP contribution in [-0.2, 0) is 17.9 Å². The van der Waals surface area contributed by atoms with Crippen LogP contribution in [0, 0.1) is 0 Å². The molecule has 3 aromatic rings. The predicted octanol–water partition coefficient (Wildman–Crippen LogP) is 1.83. The first-order valence-electron chi connectivity index (χ1n) is 7.26. The lowest BCUT2D eigenvalue weighted by Gasteiger charge is -2.16. The SMILES string of the molecule is CN(CC(=O)NCc1ccc2nsnc2c1)Cc1ccncc1. The van der Waals surface area contributed by atoms with Gasteiger partial charge in [-0.05, 0) is 42.4 Å². The Labute approximate surface area is 138 Å². The largest absolute Gasteiger partial charge is 0.351 e. The number of nitrogens with one attached hydrogen (secondary N) is 1. The van der Waals surface area contributed by atoms with Gasteiger partial charge in [0, 0.05) is 25.5 Å². The van der Waals surface area contributed by atoms with Crippen molar-refractivity contribution in [2.45, 2.75) is 13.1 Å². The average molecular weight is 327 g/mol. The smallest absolute Gasteiger partial charge is 0.234 e. The van der Waals surface area contributed by atoms with Gasteiger partial charge < -0.3 is 5.32 Å². The minimum Gasteiger partial charge on any atom is -0.351 e. The van der Waals surface area contributed by atoms with Crippen LogP contribution < -0.4 is 5.32 Å². The summed E-state index contributed by atoms with van der Waals surface area (Å²) in [7, 11) is 1.92. The molecule has 1 amide bonds. The Balaban J connectivity index is 1.49. The molecule has 23 heavy (non-hydrogen) atoms. The van der Waals surface area contributed by atoms with Gasteiger partial charge in [0.15, 0.2) is 0 Å². The van der Waals surface area contributed by atoms with Crippen LogP contribution in [0.4, 0.5) is 0 Å². The summed E-state index contributed by atoms with van der Waals surface area (Å²) >= 11 is 1.20. The van der Waals surface area contributed by atoms with E-state index in [1.54, 1.807) is 12.4 Å². The molecule has 0 saturated heterocycles. The van der Waals surface area contributed by atoms with Crippen molar-refractivity contribution in [1.82, 2.24) is 23.9 Å². The second kappa shape index (κ2) is 7.26. The van der Waals surface area contributed by atoms with Crippen molar-refractivity contribution in [3.8, 4) is 0 Å². The number of benzene rings is 1. The van der Waals surface area contributed by atoms with E-state index in [-0.39, 0.29) is 5.91 Å². The number of fused-ring (bicyclic) bond motifs is 1. The van der Waals surface area contributed by atoms with Gasteiger partial charge >= 0.3 is 0 Å². The van der Waals surface area contributed by atoms with Gasteiger partial charge in [-0.3, -0.25) is 14.7 Å². The van der Waals surface area contributed by atoms with E-state index in [1.165, 1.54) is 11.7 Å². The maximum atomic E-state index is 12.0. The first kappa shape index (κ1) is 15.5. The summed E-state index contributed by atoms with van der Waals surface area (Å²) < 4.78 is 8.37. The number of carbonyl (C=O) groups excluding carboxylic acids is 1. The molecule has 0 radical (unpaired) electrons. The lowest BCUT2D eigenvalue weighted by Crippen LogP contribution is -2.34. The molecule has 0 aliphatic rings. The maximum Gasteiger partial charge on any atom is 0.234 e. The molecule has 1 aromatic carbocycles. The minimum atomic E-state index is -0.00180. The van der Waals surface area contributed by atoms with Crippen molar-refractivity contribution >= 4 is 28.7 Å². The monoisotopic (exact) mass is 327 g/mol. The van der Waals surface area contributed by atoms with Gasteiger partial charge in [-0.1, -0.05) is 6.07 Å². The highest BCUT2D eigenvalue weighted by Crippen LogP contribution is 2.13. The topological polar surface area (TPSA) is 71.0 Å². The molecule has 7 heteroatoms. The zero-order valence-corrected chi connectivity index (χ0v) is 13.6. The highest BCUT2D eigenvalue weighted by atomic mass is 32.1. The van der Waals surface area contributed by atoms with Gasteiger partial charge in [0.05, 0.1) is 18.3 Å². The Bertz CT molecular complexity index is 789. The van der Waals surface area contributed by atoms with Crippen LogP contribution in [0.15, 0.2) is 42.7 Å². The van der Waals surface area contributed by atoms with E-state index in [9.17, 15) is 4.79 Å². The van der Waals surface area contributed by atoms with Crippen molar-refractivity contribution in [2.24, 2.45) is 0 Å². The van der Waals surface area contributed by atoms with Crippen molar-refractivity contribution in [1.29, 1.82) is 0 Å². The van der Waals surface area contributed by atoms with Gasteiger partial charge in [-0.25, -0.2) is 0 Å². The van der Waals surface area contributed by atoms with Crippen molar-refractivity contribution < 1.29 is 4.79 Å². The molecule has 0 saturated carbocycles. The van der Waals surface area contributed by atoms with E-state index in [1.807, 2.05) is 42.3 Å². The molecule has 2 heterocycles. The predicted molar refractivity (Wildman–Crippen MR) is 89.8 cm³/mol. The molecular formula is C16H17N5OS. The molecule has 0 atom stereocenters. The van der Waals surface area contributed by atoms with Gasteiger partial charge in [-0.15, -0.1) is 0 Å². The molecular weight excluding hydrogens is 310 g/mol. The maximum absolute atomic E-state index is 12.0. The van der Waals surface area contributed by atoms with E-state index < -0.39 is 0 Å². The van der Waals surface area contributed by atoms with E-state index in [2.05, 4.69) is 19.0 Å². The molecule has 0 bridgehead atoms. The van der Waals surface area contributed by atoms with Crippen LogP contribution in [0.3, 0.4) is 0 Å². The third-order valence-corrected chi connectivity index (χ3v) is 3.98. The van der Waals surface area contributed by atoms with Crippen molar-refractivity contribution in [2.75, 3.05) is 13.6 Å². The summed E-state index contributed by atoms with van der Waals surface area (Å²) in [6.07, 6.45) is 3.51. The number of rotatable bonds is 6. The number of likely N-dealkylation sites (N-methyl/N-ethyl adjacent to an activating group) is 1. The summed E-state index contributed by atoms with van der Waals surface area (Å²) in [6, 6.07) is 9.75. The zero-order valence-electron chi connectivity index (χ0n) is 12.8. The minimum absolute atomic E-state index is 0.00180. The Kier molecular flexibility index (Phi) is 4.89. The number of nitrogens with zero attached hydrogens (tertiary/aromatic N) is 4. The second-order valence-electron chi connectivity index (χ2n) is 5.39. The van der Waals surface area contributed by atoms with Gasteiger partial charge in [0.25, 0.3) is 0 Å². The van der Waals surface area contributed by atoms with Crippen LogP contribution in [-0.4, -0.2) is 38.1 Å². The first-order chi connectivity index (χ1) is 11.2. The van der Waals surface area contributed by atoms with Crippen molar-refractivity contribution in [3.05, 3.63) is 53.9 Å². The third-order valence-electron chi connectivity index (χ3n) is 3.42. The molecule has 0 aliphatic carbocycles. The lowest BCUT2D eigenvalue weighted by molar-refractivity contribution is -0.122. The van der Waals surface area contributed by atoms with Crippen LogP contribution in [0.5, 0.6) is 0 Å². The first-order valence-corrected chi connectivity index (χ1v) is 7.99. The van der Waals surface area contributed by atoms with E-state index in [4.69, 9.17) is 0 Å². The normalized spacial score (nSPS) is 11.0. The van der Waals surface area contributed by atoms with Crippen LogP contribution >= 0.6 is 11.7 Å². The van der Waals surface area contributed by atoms with Gasteiger partial charge in [0.1, 0.15) is 11.0 Å². The molecule has 0 unspecified atom stereocenters. The standard InChI is InChI=1S/C16H17N5OS/c1-21(10-12-4-6-17-7-5-12)11-16(22)18-9-13-2-3-14-15(8-13)20-23-19-14/h2-8H,9-11H2,1H3,(H,18,22). The van der Waals surface area contributed by atoms with Gasteiger partial charge in [-0.2, -0.15) is 8.75 Å². The number of hydrogen-bond acceptors (Lipinski definition) is 6. The summed E-state index contributed by atoms with van der Waals surface area (Å²) in [4.78, 5) is 18.0. The van der Waals surface area contributed by atoms with Gasteiger partial charge in [0.2, 0.25) is 5.91 Å². The zero-order chi connectivity index (χ0) is 16.1. The van der Waals surface area contributed by atoms with Crippen LogP contribution in [0.25, 0.3) is 11.0 Å². The highest BCUT2D eigenvalue weighted by molar-refractivity contribution is 7.00. The quantitative estimate of drug-likeness (QED) is 0.748. The van der Waals surface area contributed by atoms with Crippen LogP contribution in [0.1, 0.15) is 11.1 Å². The lowest BCUT2D eigenvalue weighted by atomic mass is 10.2. The molecule has 0 fully saturated rings. The number of aromatic nitrogens is 3. The third kappa shape index (κ3) is 4.30. The number of amides is 1. The summed E-state index contributed by atoms with van der Waals surface area (Å²) in [5, 5.41) is 2.93. The fourth-order valence-corrected chi connectivity index (χ4v) is 2.81. The molecule has 118 valence electrons. The van der Waals surface area contributed by atoms with E-state index in [0.29, 0.717) is 19.6 Å². The van der Waals surface area contributed by atoms with E-state index in [0.717, 1.165) is 22.2 Å². The Morgan fingerprint density at radius 2 is 1.91 bits per heavy atom. The summed E-state index contributed by atoms with van der Waals surface area (Å²) in [5.41, 5.74) is 3.92. The fraction of sp³-hybridized carbons (Fsp3) is 0.250. The second-order valence-corrected chi connectivity index (χ2v) is 5.92. The molecule has 3 rings (SSSR count). The van der Waals surface area contributed by atoms with Crippen molar-refractivity contribution in [3.63, 3.8) is 0 Å². The van der Waals surface area contributed by atoms with Crippen LogP contribution in [0.2, 0.25) is 0 Å². The highest BCUT2D eigenvalue weighted by Gasteiger charge is 2.07. The van der Waals surface area contributed by atoms with E-state index >= 15 is 0 Å². The molecule has 2 aromatic heterocycles. The summed E-state index contributed by atoms with van der Waals surface area (Å²) in [6.45, 7) is 1.56. The fourth-order valence-electron chi connectivity index (χ4n) is 2.30. The summed E-state index contributed by atoms with van der Waals surface area (Å²) in [5.74, 6) is -0.00180. The number of hydrogen-bond donors (Lipinski definition) is 1. The molecule has 6 nitrogen and oxygen atoms in total. The molecule has 0 aliphatic heterocycles.